The van der Waals surface area contributed by atoms with Gasteiger partial charge in [0.1, 0.15) is 0 Å². The number of fused-ring (bicyclic) bond motifs is 4. The fourth-order valence-electron chi connectivity index (χ4n) is 4.14. The Balaban J connectivity index is 1.35. The van der Waals surface area contributed by atoms with E-state index in [1.165, 1.54) is 0 Å². The highest BCUT2D eigenvalue weighted by atomic mass is 16.5. The summed E-state index contributed by atoms with van der Waals surface area (Å²) in [5, 5.41) is 3.99. The van der Waals surface area contributed by atoms with Crippen LogP contribution in [-0.4, -0.2) is 32.7 Å². The second-order valence-electron chi connectivity index (χ2n) is 6.88. The van der Waals surface area contributed by atoms with Crippen molar-refractivity contribution in [3.05, 3.63) is 58.5 Å². The molecule has 2 aliphatic heterocycles. The van der Waals surface area contributed by atoms with E-state index in [4.69, 9.17) is 8.94 Å². The molecule has 0 aliphatic carbocycles. The van der Waals surface area contributed by atoms with Gasteiger partial charge in [-0.25, -0.2) is 0 Å². The molecule has 0 amide bonds. The van der Waals surface area contributed by atoms with Crippen LogP contribution in [0.5, 0.6) is 0 Å². The predicted octanol–water partition coefficient (Wildman–Crippen LogP) is 2.11. The molecule has 3 aromatic rings. The van der Waals surface area contributed by atoms with E-state index in [1.807, 2.05) is 16.7 Å². The number of nitrogens with zero attached hydrogens (tertiary/aromatic N) is 4. The van der Waals surface area contributed by atoms with Crippen LogP contribution in [0.4, 0.5) is 0 Å². The number of aromatic nitrogens is 3. The van der Waals surface area contributed by atoms with E-state index in [1.54, 1.807) is 18.4 Å². The Morgan fingerprint density at radius 1 is 1.16 bits per heavy atom. The maximum atomic E-state index is 12.1. The zero-order chi connectivity index (χ0) is 16.8. The number of pyridine rings is 1. The van der Waals surface area contributed by atoms with Crippen LogP contribution in [0, 0.1) is 5.92 Å². The van der Waals surface area contributed by atoms with Crippen LogP contribution in [0.15, 0.2) is 50.3 Å². The van der Waals surface area contributed by atoms with Gasteiger partial charge in [0.2, 0.25) is 11.7 Å². The van der Waals surface area contributed by atoms with Crippen LogP contribution < -0.4 is 5.56 Å². The summed E-state index contributed by atoms with van der Waals surface area (Å²) in [5.74, 6) is 2.55. The van der Waals surface area contributed by atoms with Crippen LogP contribution in [0.25, 0.3) is 11.6 Å². The molecule has 7 nitrogen and oxygen atoms in total. The lowest BCUT2D eigenvalue weighted by Crippen LogP contribution is -2.46. The van der Waals surface area contributed by atoms with Gasteiger partial charge in [-0.15, -0.1) is 0 Å². The van der Waals surface area contributed by atoms with E-state index in [0.29, 0.717) is 35.9 Å². The van der Waals surface area contributed by atoms with Gasteiger partial charge in [-0.2, -0.15) is 4.98 Å². The van der Waals surface area contributed by atoms with Crippen molar-refractivity contribution in [1.29, 1.82) is 0 Å². The normalized spacial score (nSPS) is 22.7. The molecule has 0 saturated carbocycles. The van der Waals surface area contributed by atoms with Gasteiger partial charge in [0, 0.05) is 37.3 Å². The Hall–Kier alpha value is -2.67. The Morgan fingerprint density at radius 2 is 2.12 bits per heavy atom. The van der Waals surface area contributed by atoms with Gasteiger partial charge in [0.05, 0.1) is 12.8 Å². The molecule has 7 heteroatoms. The third kappa shape index (κ3) is 2.60. The minimum Gasteiger partial charge on any atom is -0.461 e. The zero-order valence-electron chi connectivity index (χ0n) is 13.7. The molecule has 2 aliphatic rings. The van der Waals surface area contributed by atoms with Crippen LogP contribution >= 0.6 is 0 Å². The molecule has 0 aromatic carbocycles. The Labute approximate surface area is 143 Å². The zero-order valence-corrected chi connectivity index (χ0v) is 13.7. The second kappa shape index (κ2) is 5.70. The van der Waals surface area contributed by atoms with Crippen molar-refractivity contribution in [3.63, 3.8) is 0 Å². The van der Waals surface area contributed by atoms with E-state index in [9.17, 15) is 4.79 Å². The van der Waals surface area contributed by atoms with E-state index in [0.717, 1.165) is 31.7 Å². The molecule has 5 heterocycles. The molecule has 25 heavy (non-hydrogen) atoms. The summed E-state index contributed by atoms with van der Waals surface area (Å²) in [4.78, 5) is 18.9. The number of hydrogen-bond donors (Lipinski definition) is 0. The van der Waals surface area contributed by atoms with E-state index in [2.05, 4.69) is 21.1 Å². The molecule has 128 valence electrons. The number of likely N-dealkylation sites (tertiary alicyclic amines) is 1. The van der Waals surface area contributed by atoms with Gasteiger partial charge in [-0.3, -0.25) is 9.69 Å². The van der Waals surface area contributed by atoms with Crippen molar-refractivity contribution in [2.75, 3.05) is 13.1 Å². The predicted molar refractivity (Wildman–Crippen MR) is 88.8 cm³/mol. The molecule has 1 fully saturated rings. The molecule has 0 N–H and O–H groups in total. The fourth-order valence-corrected chi connectivity index (χ4v) is 4.14. The SMILES string of the molecule is O=c1cccc2n1CC1CC2CN(Cc2nc(-c3ccco3)no2)C1. The van der Waals surface area contributed by atoms with Crippen LogP contribution in [0.3, 0.4) is 0 Å². The van der Waals surface area contributed by atoms with E-state index >= 15 is 0 Å². The van der Waals surface area contributed by atoms with Gasteiger partial charge in [-0.05, 0) is 30.5 Å². The molecule has 2 atom stereocenters. The van der Waals surface area contributed by atoms with Gasteiger partial charge in [0.25, 0.3) is 5.56 Å². The average Bonchev–Trinajstić information content (AvgIpc) is 3.27. The minimum atomic E-state index is 0.112. The molecule has 0 radical (unpaired) electrons. The van der Waals surface area contributed by atoms with Crippen molar-refractivity contribution in [3.8, 4) is 11.6 Å². The third-order valence-corrected chi connectivity index (χ3v) is 5.12. The lowest BCUT2D eigenvalue weighted by molar-refractivity contribution is 0.104. The van der Waals surface area contributed by atoms with E-state index < -0.39 is 0 Å². The van der Waals surface area contributed by atoms with E-state index in [-0.39, 0.29) is 5.56 Å². The highest BCUT2D eigenvalue weighted by Crippen LogP contribution is 2.35. The minimum absolute atomic E-state index is 0.112. The molecule has 5 rings (SSSR count). The first-order valence-corrected chi connectivity index (χ1v) is 8.55. The molecule has 3 aromatic heterocycles. The summed E-state index contributed by atoms with van der Waals surface area (Å²) in [7, 11) is 0. The van der Waals surface area contributed by atoms with Gasteiger partial charge in [0.15, 0.2) is 5.76 Å². The first-order valence-electron chi connectivity index (χ1n) is 8.55. The summed E-state index contributed by atoms with van der Waals surface area (Å²) in [6.07, 6.45) is 2.73. The lowest BCUT2D eigenvalue weighted by atomic mass is 9.83. The first-order chi connectivity index (χ1) is 12.3. The van der Waals surface area contributed by atoms with Crippen molar-refractivity contribution >= 4 is 0 Å². The third-order valence-electron chi connectivity index (χ3n) is 5.12. The molecule has 1 saturated heterocycles. The number of furan rings is 1. The number of rotatable bonds is 3. The summed E-state index contributed by atoms with van der Waals surface area (Å²) < 4.78 is 12.6. The van der Waals surface area contributed by atoms with Gasteiger partial charge < -0.3 is 13.5 Å². The summed E-state index contributed by atoms with van der Waals surface area (Å²) in [6, 6.07) is 9.21. The largest absolute Gasteiger partial charge is 0.461 e. The van der Waals surface area contributed by atoms with Crippen LogP contribution in [-0.2, 0) is 13.1 Å². The number of piperidine rings is 1. The second-order valence-corrected chi connectivity index (χ2v) is 6.88. The van der Waals surface area contributed by atoms with Crippen molar-refractivity contribution in [1.82, 2.24) is 19.6 Å². The quantitative estimate of drug-likeness (QED) is 0.728. The first kappa shape index (κ1) is 14.7. The molecule has 0 spiro atoms. The summed E-state index contributed by atoms with van der Waals surface area (Å²) >= 11 is 0. The molecular weight excluding hydrogens is 320 g/mol. The maximum Gasteiger partial charge on any atom is 0.250 e. The standard InChI is InChI=1S/C18H18N4O3/c23-17-5-1-3-14-13-7-12(9-22(14)17)8-21(10-13)11-16-19-18(20-25-16)15-4-2-6-24-15/h1-6,12-13H,7-11H2. The van der Waals surface area contributed by atoms with Crippen LogP contribution in [0.2, 0.25) is 0 Å². The Kier molecular flexibility index (Phi) is 3.34. The molecule has 2 bridgehead atoms. The molecular formula is C18H18N4O3. The summed E-state index contributed by atoms with van der Waals surface area (Å²) in [5.41, 5.74) is 1.26. The smallest absolute Gasteiger partial charge is 0.250 e. The van der Waals surface area contributed by atoms with Crippen molar-refractivity contribution in [2.24, 2.45) is 5.92 Å². The topological polar surface area (TPSA) is 77.3 Å². The number of hydrogen-bond acceptors (Lipinski definition) is 6. The Morgan fingerprint density at radius 3 is 3.00 bits per heavy atom. The van der Waals surface area contributed by atoms with Gasteiger partial charge >= 0.3 is 0 Å². The highest BCUT2D eigenvalue weighted by Gasteiger charge is 2.34. The molecule has 2 unspecified atom stereocenters. The van der Waals surface area contributed by atoms with Crippen LogP contribution in [0.1, 0.15) is 23.9 Å². The summed E-state index contributed by atoms with van der Waals surface area (Å²) in [6.45, 7) is 3.26. The fraction of sp³-hybridized carbons (Fsp3) is 0.389. The average molecular weight is 338 g/mol. The van der Waals surface area contributed by atoms with Gasteiger partial charge in [-0.1, -0.05) is 11.2 Å². The monoisotopic (exact) mass is 338 g/mol. The lowest BCUT2D eigenvalue weighted by Gasteiger charge is -2.42. The maximum absolute atomic E-state index is 12.1. The van der Waals surface area contributed by atoms with Crippen molar-refractivity contribution < 1.29 is 8.94 Å². The van der Waals surface area contributed by atoms with Crippen molar-refractivity contribution in [2.45, 2.75) is 25.4 Å². The highest BCUT2D eigenvalue weighted by molar-refractivity contribution is 5.44. The Bertz CT molecular complexity index is 943.